The van der Waals surface area contributed by atoms with Gasteiger partial charge in [-0.25, -0.2) is 0 Å². The third-order valence-corrected chi connectivity index (χ3v) is 7.24. The van der Waals surface area contributed by atoms with Gasteiger partial charge in [-0.15, -0.1) is 0 Å². The van der Waals surface area contributed by atoms with Gasteiger partial charge in [-0.2, -0.15) is 0 Å². The number of benzene rings is 2. The van der Waals surface area contributed by atoms with Crippen LogP contribution in [0.25, 0.3) is 5.76 Å². The van der Waals surface area contributed by atoms with Gasteiger partial charge in [0.05, 0.1) is 25.8 Å². The van der Waals surface area contributed by atoms with E-state index >= 15 is 0 Å². The molecule has 1 amide bonds. The Bertz CT molecular complexity index is 1170. The summed E-state index contributed by atoms with van der Waals surface area (Å²) in [7, 11) is 0. The van der Waals surface area contributed by atoms with Gasteiger partial charge in [-0.05, 0) is 34.2 Å². The lowest BCUT2D eigenvalue weighted by Gasteiger charge is -2.29. The Hall–Kier alpha value is -3.42. The molecule has 0 spiro atoms. The van der Waals surface area contributed by atoms with Crippen LogP contribution in [0.4, 0.5) is 0 Å². The number of likely N-dealkylation sites (tertiary alicyclic amines) is 1. The number of nitrogens with zero attached hydrogens (tertiary/aromatic N) is 1. The van der Waals surface area contributed by atoms with E-state index in [4.69, 9.17) is 9.47 Å². The number of nitrogens with one attached hydrogen (secondary N) is 1. The second-order valence-corrected chi connectivity index (χ2v) is 10.9. The molecule has 0 aromatic heterocycles. The topological polar surface area (TPSA) is 83.3 Å². The Labute approximate surface area is 225 Å². The van der Waals surface area contributed by atoms with E-state index in [1.54, 1.807) is 35.2 Å². The zero-order valence-electron chi connectivity index (χ0n) is 22.6. The van der Waals surface area contributed by atoms with Crippen molar-refractivity contribution in [2.45, 2.75) is 38.6 Å². The number of ketones is 1. The highest BCUT2D eigenvalue weighted by molar-refractivity contribution is 6.46. The summed E-state index contributed by atoms with van der Waals surface area (Å²) >= 11 is 0. The maximum absolute atomic E-state index is 13.7. The molecule has 0 radical (unpaired) electrons. The highest BCUT2D eigenvalue weighted by atomic mass is 16.5. The molecule has 0 bridgehead atoms. The van der Waals surface area contributed by atoms with Gasteiger partial charge in [0.25, 0.3) is 5.91 Å². The van der Waals surface area contributed by atoms with Crippen LogP contribution in [0.3, 0.4) is 0 Å². The number of carbonyl (C=O) groups excluding carboxylic acids is 2. The maximum atomic E-state index is 13.7. The zero-order chi connectivity index (χ0) is 27.3. The quantitative estimate of drug-likeness (QED) is 0.238. The van der Waals surface area contributed by atoms with Gasteiger partial charge in [0, 0.05) is 18.5 Å². The van der Waals surface area contributed by atoms with Crippen molar-refractivity contribution in [1.29, 1.82) is 0 Å². The molecule has 0 saturated carbocycles. The molecule has 7 nitrogen and oxygen atoms in total. The normalized spacial score (nSPS) is 20.1. The highest BCUT2D eigenvalue weighted by Crippen LogP contribution is 2.39. The summed E-state index contributed by atoms with van der Waals surface area (Å²) in [5.74, 6) is -1.15. The summed E-state index contributed by atoms with van der Waals surface area (Å²) in [5.41, 5.74) is 2.23. The molecule has 2 fully saturated rings. The fourth-order valence-corrected chi connectivity index (χ4v) is 5.04. The van der Waals surface area contributed by atoms with Gasteiger partial charge < -0.3 is 24.4 Å². The number of hydrogen-bond donors (Lipinski definition) is 1. The van der Waals surface area contributed by atoms with Crippen molar-refractivity contribution in [2.75, 3.05) is 46.0 Å². The van der Waals surface area contributed by atoms with Gasteiger partial charge >= 0.3 is 0 Å². The van der Waals surface area contributed by atoms with E-state index in [0.29, 0.717) is 24.5 Å². The number of morpholine rings is 1. The minimum absolute atomic E-state index is 0.0111. The average molecular weight is 519 g/mol. The first-order chi connectivity index (χ1) is 18.2. The number of quaternary nitrogens is 1. The summed E-state index contributed by atoms with van der Waals surface area (Å²) in [6, 6.07) is 13.9. The lowest BCUT2D eigenvalue weighted by Crippen LogP contribution is -3.14. The summed E-state index contributed by atoms with van der Waals surface area (Å²) in [4.78, 5) is 29.6. The number of rotatable bonds is 9. The number of amides is 1. The molecule has 2 aliphatic rings. The second kappa shape index (κ2) is 12.0. The number of hydrogen-bond acceptors (Lipinski definition) is 5. The van der Waals surface area contributed by atoms with E-state index in [0.717, 1.165) is 50.4 Å². The molecule has 4 rings (SSSR count). The Morgan fingerprint density at radius 3 is 2.37 bits per heavy atom. The Balaban J connectivity index is 1.67. The molecule has 1 atom stereocenters. The maximum Gasteiger partial charge on any atom is 0.295 e. The summed E-state index contributed by atoms with van der Waals surface area (Å²) in [6.45, 7) is 15.0. The van der Waals surface area contributed by atoms with Gasteiger partial charge in [0.15, 0.2) is 0 Å². The van der Waals surface area contributed by atoms with E-state index in [1.807, 2.05) is 24.3 Å². The van der Waals surface area contributed by atoms with E-state index in [1.165, 1.54) is 4.90 Å². The molecule has 2 aliphatic heterocycles. The Morgan fingerprint density at radius 2 is 1.76 bits per heavy atom. The molecule has 2 saturated heterocycles. The molecule has 1 unspecified atom stereocenters. The number of ether oxygens (including phenoxy) is 2. The number of carbonyl (C=O) groups is 2. The van der Waals surface area contributed by atoms with Crippen LogP contribution in [-0.4, -0.2) is 62.6 Å². The predicted molar refractivity (Wildman–Crippen MR) is 145 cm³/mol. The second-order valence-electron chi connectivity index (χ2n) is 10.9. The Morgan fingerprint density at radius 1 is 1.11 bits per heavy atom. The molecule has 0 aliphatic carbocycles. The van der Waals surface area contributed by atoms with Crippen molar-refractivity contribution in [2.24, 2.45) is 0 Å². The molecule has 7 heteroatoms. The van der Waals surface area contributed by atoms with Crippen LogP contribution in [0.2, 0.25) is 0 Å². The summed E-state index contributed by atoms with van der Waals surface area (Å²) in [6.07, 6.45) is 2.38. The lowest BCUT2D eigenvalue weighted by atomic mass is 9.85. The molecule has 2 aromatic carbocycles. The fraction of sp³-hybridized carbons (Fsp3) is 0.419. The van der Waals surface area contributed by atoms with Crippen molar-refractivity contribution in [3.8, 4) is 5.75 Å². The third kappa shape index (κ3) is 6.17. The molecule has 202 valence electrons. The first-order valence-electron chi connectivity index (χ1n) is 13.3. The highest BCUT2D eigenvalue weighted by Gasteiger charge is 2.44. The summed E-state index contributed by atoms with van der Waals surface area (Å²) in [5, 5.41) is 13.7. The minimum atomic E-state index is -0.717. The van der Waals surface area contributed by atoms with Crippen molar-refractivity contribution in [1.82, 2.24) is 4.90 Å². The molecule has 1 N–H and O–H groups in total. The zero-order valence-corrected chi connectivity index (χ0v) is 22.6. The molecular formula is C31H38N2O5. The van der Waals surface area contributed by atoms with E-state index in [2.05, 4.69) is 27.4 Å². The van der Waals surface area contributed by atoms with Crippen LogP contribution in [0, 0.1) is 0 Å². The van der Waals surface area contributed by atoms with E-state index in [-0.39, 0.29) is 11.0 Å². The van der Waals surface area contributed by atoms with E-state index < -0.39 is 23.5 Å². The third-order valence-electron chi connectivity index (χ3n) is 7.24. The van der Waals surface area contributed by atoms with Crippen molar-refractivity contribution in [3.05, 3.63) is 83.4 Å². The lowest BCUT2D eigenvalue weighted by molar-refractivity contribution is -0.908. The molecular weight excluding hydrogens is 480 g/mol. The summed E-state index contributed by atoms with van der Waals surface area (Å²) < 4.78 is 11.0. The Kier molecular flexibility index (Phi) is 8.69. The van der Waals surface area contributed by atoms with Crippen LogP contribution in [0.1, 0.15) is 49.9 Å². The van der Waals surface area contributed by atoms with Crippen molar-refractivity contribution < 1.29 is 29.1 Å². The van der Waals surface area contributed by atoms with Crippen LogP contribution in [0.5, 0.6) is 5.75 Å². The molecule has 2 heterocycles. The van der Waals surface area contributed by atoms with Crippen LogP contribution >= 0.6 is 0 Å². The SMILES string of the molecule is C=CCOc1ccc(C([O-])=C2C(=O)C(=O)N(CCC[NH+]3CCOCC3)C2c2ccc(C(C)(C)C)cc2)cc1. The molecule has 38 heavy (non-hydrogen) atoms. The van der Waals surface area contributed by atoms with E-state index in [9.17, 15) is 14.7 Å². The van der Waals surface area contributed by atoms with Crippen molar-refractivity contribution >= 4 is 17.4 Å². The first kappa shape index (κ1) is 27.6. The standard InChI is InChI=1S/C31H38N2O5/c1-5-19-38-25-13-9-23(10-14-25)28(34)26-27(22-7-11-24(12-8-22)31(2,3)4)33(30(36)29(26)35)16-6-15-32-17-20-37-21-18-32/h5,7-14,27,34H,1,6,15-21H2,2-4H3. The average Bonchev–Trinajstić information content (AvgIpc) is 3.17. The smallest absolute Gasteiger partial charge is 0.295 e. The van der Waals surface area contributed by atoms with Crippen LogP contribution in [-0.2, 0) is 19.7 Å². The van der Waals surface area contributed by atoms with Gasteiger partial charge in [0.1, 0.15) is 25.4 Å². The van der Waals surface area contributed by atoms with Crippen molar-refractivity contribution in [3.63, 3.8) is 0 Å². The fourth-order valence-electron chi connectivity index (χ4n) is 5.04. The predicted octanol–water partition coefficient (Wildman–Crippen LogP) is 2.08. The van der Waals surface area contributed by atoms with Gasteiger partial charge in [0.2, 0.25) is 5.78 Å². The molecule has 2 aromatic rings. The first-order valence-corrected chi connectivity index (χ1v) is 13.3. The van der Waals surface area contributed by atoms with Gasteiger partial charge in [-0.1, -0.05) is 75.6 Å². The van der Waals surface area contributed by atoms with Crippen LogP contribution in [0.15, 0.2) is 66.8 Å². The van der Waals surface area contributed by atoms with Gasteiger partial charge in [-0.3, -0.25) is 9.59 Å². The monoisotopic (exact) mass is 518 g/mol. The minimum Gasteiger partial charge on any atom is -0.872 e. The van der Waals surface area contributed by atoms with Crippen LogP contribution < -0.4 is 14.7 Å². The largest absolute Gasteiger partial charge is 0.872 e. The number of Topliss-reactive ketones (excluding diaryl/α,β-unsaturated/α-hetero) is 1.